The molecular formula is C23H17F4N3O3. The summed E-state index contributed by atoms with van der Waals surface area (Å²) >= 11 is 0. The summed E-state index contributed by atoms with van der Waals surface area (Å²) in [7, 11) is 0. The Bertz CT molecular complexity index is 1270. The van der Waals surface area contributed by atoms with Crippen LogP contribution in [0.2, 0.25) is 0 Å². The van der Waals surface area contributed by atoms with Crippen LogP contribution in [0, 0.1) is 5.82 Å². The lowest BCUT2D eigenvalue weighted by Crippen LogP contribution is -2.30. The molecule has 10 heteroatoms. The largest absolute Gasteiger partial charge is 0.573 e. The second-order valence-corrected chi connectivity index (χ2v) is 7.02. The monoisotopic (exact) mass is 459 g/mol. The molecule has 170 valence electrons. The first kappa shape index (κ1) is 22.1. The zero-order valence-electron chi connectivity index (χ0n) is 17.1. The van der Waals surface area contributed by atoms with Crippen LogP contribution in [0.1, 0.15) is 6.92 Å². The van der Waals surface area contributed by atoms with E-state index >= 15 is 0 Å². The minimum Gasteiger partial charge on any atom is -0.481 e. The highest BCUT2D eigenvalue weighted by Gasteiger charge is 2.31. The van der Waals surface area contributed by atoms with Crippen molar-refractivity contribution in [3.05, 3.63) is 78.7 Å². The number of benzene rings is 2. The number of hydrogen-bond donors (Lipinski definition) is 1. The fraction of sp³-hybridized carbons (Fsp3) is 0.130. The van der Waals surface area contributed by atoms with Gasteiger partial charge in [0.25, 0.3) is 5.91 Å². The second-order valence-electron chi connectivity index (χ2n) is 7.02. The molecule has 1 amide bonds. The van der Waals surface area contributed by atoms with Gasteiger partial charge in [0.1, 0.15) is 23.0 Å². The predicted octanol–water partition coefficient (Wildman–Crippen LogP) is 5.45. The molecule has 0 saturated carbocycles. The first-order valence-corrected chi connectivity index (χ1v) is 9.76. The van der Waals surface area contributed by atoms with Gasteiger partial charge in [-0.3, -0.25) is 9.20 Å². The highest BCUT2D eigenvalue weighted by molar-refractivity contribution is 5.97. The number of halogens is 4. The summed E-state index contributed by atoms with van der Waals surface area (Å²) in [6.07, 6.45) is -4.55. The maximum atomic E-state index is 13.9. The number of fused-ring (bicyclic) bond motifs is 1. The maximum absolute atomic E-state index is 13.9. The Hall–Kier alpha value is -4.08. The van der Waals surface area contributed by atoms with Gasteiger partial charge in [-0.1, -0.05) is 18.2 Å². The number of aromatic nitrogens is 2. The highest BCUT2D eigenvalue weighted by Crippen LogP contribution is 2.32. The quantitative estimate of drug-likeness (QED) is 0.390. The summed E-state index contributed by atoms with van der Waals surface area (Å²) in [6, 6.07) is 16.3. The SMILES string of the molecule is CC(Oc1ccccc1)C(=O)Nc1nc2ccc(F)cn2c1-c1ccc(OC(F)(F)F)cc1. The van der Waals surface area contributed by atoms with Crippen molar-refractivity contribution in [1.29, 1.82) is 0 Å². The molecular weight excluding hydrogens is 442 g/mol. The molecule has 1 unspecified atom stereocenters. The average molecular weight is 459 g/mol. The Labute approximate surface area is 185 Å². The Morgan fingerprint density at radius 2 is 1.70 bits per heavy atom. The number of pyridine rings is 1. The van der Waals surface area contributed by atoms with Gasteiger partial charge in [0.15, 0.2) is 11.9 Å². The minimum atomic E-state index is -4.83. The third kappa shape index (κ3) is 5.22. The molecule has 4 rings (SSSR count). The zero-order chi connectivity index (χ0) is 23.6. The molecule has 2 heterocycles. The van der Waals surface area contributed by atoms with Crippen LogP contribution >= 0.6 is 0 Å². The van der Waals surface area contributed by atoms with E-state index in [1.807, 2.05) is 6.07 Å². The number of alkyl halides is 3. The van der Waals surface area contributed by atoms with E-state index in [4.69, 9.17) is 4.74 Å². The van der Waals surface area contributed by atoms with E-state index < -0.39 is 29.9 Å². The molecule has 0 radical (unpaired) electrons. The number of carbonyl (C=O) groups is 1. The summed E-state index contributed by atoms with van der Waals surface area (Å²) in [6.45, 7) is 1.56. The number of rotatable bonds is 6. The van der Waals surface area contributed by atoms with Crippen LogP contribution < -0.4 is 14.8 Å². The number of carbonyl (C=O) groups excluding carboxylic acids is 1. The maximum Gasteiger partial charge on any atom is 0.573 e. The van der Waals surface area contributed by atoms with E-state index in [1.54, 1.807) is 31.2 Å². The van der Waals surface area contributed by atoms with Crippen molar-refractivity contribution in [2.24, 2.45) is 0 Å². The molecule has 1 atom stereocenters. The number of hydrogen-bond acceptors (Lipinski definition) is 4. The van der Waals surface area contributed by atoms with E-state index in [-0.39, 0.29) is 11.5 Å². The molecule has 0 aliphatic rings. The Balaban J connectivity index is 1.66. The Kier molecular flexibility index (Phi) is 5.91. The van der Waals surface area contributed by atoms with Crippen LogP contribution in [0.4, 0.5) is 23.4 Å². The Morgan fingerprint density at radius 1 is 1.00 bits per heavy atom. The number of nitrogens with one attached hydrogen (secondary N) is 1. The summed E-state index contributed by atoms with van der Waals surface area (Å²) in [5.41, 5.74) is 0.992. The molecule has 2 aromatic carbocycles. The van der Waals surface area contributed by atoms with E-state index in [1.165, 1.54) is 28.7 Å². The molecule has 2 aromatic heterocycles. The number of ether oxygens (including phenoxy) is 2. The topological polar surface area (TPSA) is 64.9 Å². The van der Waals surface area contributed by atoms with E-state index in [2.05, 4.69) is 15.0 Å². The van der Waals surface area contributed by atoms with Crippen LogP contribution in [0.25, 0.3) is 16.9 Å². The first-order valence-electron chi connectivity index (χ1n) is 9.76. The van der Waals surface area contributed by atoms with Gasteiger partial charge >= 0.3 is 6.36 Å². The third-order valence-electron chi connectivity index (χ3n) is 4.61. The second kappa shape index (κ2) is 8.81. The van der Waals surface area contributed by atoms with Gasteiger partial charge in [-0.05, 0) is 55.5 Å². The lowest BCUT2D eigenvalue weighted by Gasteiger charge is -2.15. The average Bonchev–Trinajstić information content (AvgIpc) is 3.10. The van der Waals surface area contributed by atoms with E-state index in [0.717, 1.165) is 18.3 Å². The number of imidazole rings is 1. The molecule has 0 fully saturated rings. The predicted molar refractivity (Wildman–Crippen MR) is 112 cm³/mol. The van der Waals surface area contributed by atoms with Crippen LogP contribution in [-0.4, -0.2) is 27.8 Å². The zero-order valence-corrected chi connectivity index (χ0v) is 17.1. The number of para-hydroxylation sites is 1. The molecule has 6 nitrogen and oxygen atoms in total. The van der Waals surface area contributed by atoms with Crippen molar-refractivity contribution in [2.75, 3.05) is 5.32 Å². The van der Waals surface area contributed by atoms with Crippen LogP contribution in [0.5, 0.6) is 11.5 Å². The molecule has 4 aromatic rings. The van der Waals surface area contributed by atoms with Crippen molar-refractivity contribution in [3.8, 4) is 22.8 Å². The van der Waals surface area contributed by atoms with E-state index in [0.29, 0.717) is 17.0 Å². The van der Waals surface area contributed by atoms with Crippen molar-refractivity contribution in [3.63, 3.8) is 0 Å². The molecule has 0 aliphatic carbocycles. The van der Waals surface area contributed by atoms with Gasteiger partial charge in [0.05, 0.1) is 5.69 Å². The summed E-state index contributed by atoms with van der Waals surface area (Å²) in [5, 5.41) is 2.66. The van der Waals surface area contributed by atoms with Gasteiger partial charge in [-0.2, -0.15) is 0 Å². The molecule has 1 N–H and O–H groups in total. The van der Waals surface area contributed by atoms with Gasteiger partial charge in [-0.15, -0.1) is 13.2 Å². The number of anilines is 1. The molecule has 0 saturated heterocycles. The standard InChI is InChI=1S/C23H17F4N3O3/c1-14(32-17-5-3-2-4-6-17)22(31)29-21-20(30-13-16(24)9-12-19(30)28-21)15-7-10-18(11-8-15)33-23(25,26)27/h2-14H,1H3,(H,29,31). The van der Waals surface area contributed by atoms with Gasteiger partial charge in [-0.25, -0.2) is 9.37 Å². The van der Waals surface area contributed by atoms with Gasteiger partial charge < -0.3 is 14.8 Å². The number of amides is 1. The van der Waals surface area contributed by atoms with Crippen LogP contribution in [0.3, 0.4) is 0 Å². The fourth-order valence-corrected chi connectivity index (χ4v) is 3.17. The lowest BCUT2D eigenvalue weighted by molar-refractivity contribution is -0.274. The minimum absolute atomic E-state index is 0.0959. The molecule has 33 heavy (non-hydrogen) atoms. The Morgan fingerprint density at radius 3 is 2.36 bits per heavy atom. The molecule has 0 bridgehead atoms. The van der Waals surface area contributed by atoms with Gasteiger partial charge in [0.2, 0.25) is 0 Å². The smallest absolute Gasteiger partial charge is 0.481 e. The van der Waals surface area contributed by atoms with Crippen molar-refractivity contribution in [2.45, 2.75) is 19.4 Å². The van der Waals surface area contributed by atoms with Gasteiger partial charge in [0, 0.05) is 11.8 Å². The van der Waals surface area contributed by atoms with Crippen molar-refractivity contribution >= 4 is 17.4 Å². The normalized spacial score (nSPS) is 12.4. The highest BCUT2D eigenvalue weighted by atomic mass is 19.4. The fourth-order valence-electron chi connectivity index (χ4n) is 3.17. The molecule has 0 spiro atoms. The van der Waals surface area contributed by atoms with Crippen molar-refractivity contribution in [1.82, 2.24) is 9.38 Å². The van der Waals surface area contributed by atoms with Crippen LogP contribution in [-0.2, 0) is 4.79 Å². The van der Waals surface area contributed by atoms with Crippen molar-refractivity contribution < 1.29 is 31.8 Å². The number of nitrogens with zero attached hydrogens (tertiary/aromatic N) is 2. The summed E-state index contributed by atoms with van der Waals surface area (Å²) in [5.74, 6) is -0.893. The van der Waals surface area contributed by atoms with E-state index in [9.17, 15) is 22.4 Å². The first-order chi connectivity index (χ1) is 15.7. The summed E-state index contributed by atoms with van der Waals surface area (Å²) < 4.78 is 62.2. The molecule has 0 aliphatic heterocycles. The third-order valence-corrected chi connectivity index (χ3v) is 4.61. The van der Waals surface area contributed by atoms with Crippen LogP contribution in [0.15, 0.2) is 72.9 Å². The lowest BCUT2D eigenvalue weighted by atomic mass is 10.1. The summed E-state index contributed by atoms with van der Waals surface area (Å²) in [4.78, 5) is 17.1.